The molecule has 2 unspecified atom stereocenters. The van der Waals surface area contributed by atoms with E-state index in [0.29, 0.717) is 23.4 Å². The SMILES string of the molecule is O=C1[C@@H]2C(Cc3ccc(O)cc3)NC3(C(=O)Nc4ccc(F)cc43)[C@@H]2C(=O)N1c1ccc2ccccc2c1. The summed E-state index contributed by atoms with van der Waals surface area (Å²) in [6.07, 6.45) is 0.325. The topological polar surface area (TPSA) is 98.7 Å². The Bertz CT molecular complexity index is 1670. The van der Waals surface area contributed by atoms with Crippen molar-refractivity contribution in [3.63, 3.8) is 0 Å². The molecule has 3 aliphatic heterocycles. The molecule has 3 heterocycles. The Labute approximate surface area is 216 Å². The van der Waals surface area contributed by atoms with E-state index >= 15 is 0 Å². The van der Waals surface area contributed by atoms with Crippen molar-refractivity contribution in [1.82, 2.24) is 5.32 Å². The number of hydrogen-bond donors (Lipinski definition) is 3. The van der Waals surface area contributed by atoms with Crippen molar-refractivity contribution in [3.05, 3.63) is 102 Å². The largest absolute Gasteiger partial charge is 0.508 e. The van der Waals surface area contributed by atoms with Crippen LogP contribution >= 0.6 is 0 Å². The van der Waals surface area contributed by atoms with Crippen molar-refractivity contribution in [2.24, 2.45) is 11.8 Å². The Morgan fingerprint density at radius 3 is 2.42 bits per heavy atom. The van der Waals surface area contributed by atoms with Gasteiger partial charge in [-0.1, -0.05) is 42.5 Å². The van der Waals surface area contributed by atoms with Crippen LogP contribution in [-0.2, 0) is 26.3 Å². The van der Waals surface area contributed by atoms with Crippen LogP contribution in [0.15, 0.2) is 84.9 Å². The quantitative estimate of drug-likeness (QED) is 0.366. The fraction of sp³-hybridized carbons (Fsp3) is 0.167. The van der Waals surface area contributed by atoms with E-state index in [1.165, 1.54) is 23.1 Å². The molecule has 0 radical (unpaired) electrons. The summed E-state index contributed by atoms with van der Waals surface area (Å²) in [6, 6.07) is 23.0. The van der Waals surface area contributed by atoms with Gasteiger partial charge in [0.25, 0.3) is 0 Å². The number of fused-ring (bicyclic) bond motifs is 5. The molecule has 0 bridgehead atoms. The Morgan fingerprint density at radius 2 is 1.63 bits per heavy atom. The Balaban J connectivity index is 1.37. The third kappa shape index (κ3) is 3.07. The smallest absolute Gasteiger partial charge is 0.250 e. The van der Waals surface area contributed by atoms with Crippen molar-refractivity contribution in [1.29, 1.82) is 0 Å². The maximum absolute atomic E-state index is 14.5. The van der Waals surface area contributed by atoms with Gasteiger partial charge in [-0.3, -0.25) is 19.7 Å². The van der Waals surface area contributed by atoms with Crippen LogP contribution < -0.4 is 15.5 Å². The third-order valence-electron chi connectivity index (χ3n) is 8.06. The molecular weight excluding hydrogens is 485 g/mol. The van der Waals surface area contributed by atoms with Crippen LogP contribution in [0.2, 0.25) is 0 Å². The van der Waals surface area contributed by atoms with E-state index in [9.17, 15) is 23.9 Å². The van der Waals surface area contributed by atoms with E-state index in [1.54, 1.807) is 36.4 Å². The highest BCUT2D eigenvalue weighted by Gasteiger charge is 2.70. The number of carbonyl (C=O) groups excluding carboxylic acids is 3. The van der Waals surface area contributed by atoms with E-state index in [-0.39, 0.29) is 5.75 Å². The number of rotatable bonds is 3. The standard InChI is InChI=1S/C30H22FN3O4/c31-19-8-12-23-22(15-19)30(29(38)32-23)26-25(24(33-30)13-16-5-10-21(35)11-6-16)27(36)34(28(26)37)20-9-7-17-3-1-2-4-18(17)14-20/h1-12,14-15,24-26,33,35H,13H2,(H,32,38)/t24?,25-,26+,30?/m1/s1. The van der Waals surface area contributed by atoms with Gasteiger partial charge in [-0.25, -0.2) is 9.29 Å². The van der Waals surface area contributed by atoms with E-state index in [2.05, 4.69) is 10.6 Å². The number of phenolic OH excluding ortho intramolecular Hbond substituents is 1. The van der Waals surface area contributed by atoms with Crippen molar-refractivity contribution >= 4 is 39.9 Å². The molecular formula is C30H22FN3O4. The molecule has 0 saturated carbocycles. The van der Waals surface area contributed by atoms with Crippen LogP contribution in [0.3, 0.4) is 0 Å². The van der Waals surface area contributed by atoms with Crippen LogP contribution in [0, 0.1) is 17.7 Å². The molecule has 3 N–H and O–H groups in total. The first-order valence-electron chi connectivity index (χ1n) is 12.4. The molecule has 4 aromatic carbocycles. The van der Waals surface area contributed by atoms with Gasteiger partial charge >= 0.3 is 0 Å². The van der Waals surface area contributed by atoms with Crippen LogP contribution in [-0.4, -0.2) is 28.9 Å². The Kier molecular flexibility index (Phi) is 4.74. The van der Waals surface area contributed by atoms with Crippen LogP contribution in [0.25, 0.3) is 10.8 Å². The second-order valence-electron chi connectivity index (χ2n) is 10.1. The lowest BCUT2D eigenvalue weighted by Crippen LogP contribution is -2.53. The average Bonchev–Trinajstić information content (AvgIpc) is 3.49. The molecule has 4 atom stereocenters. The average molecular weight is 508 g/mol. The van der Waals surface area contributed by atoms with Crippen molar-refractivity contribution in [3.8, 4) is 5.75 Å². The van der Waals surface area contributed by atoms with E-state index in [4.69, 9.17) is 0 Å². The summed E-state index contributed by atoms with van der Waals surface area (Å²) in [5.41, 5.74) is 0.398. The van der Waals surface area contributed by atoms with Crippen molar-refractivity contribution in [2.75, 3.05) is 10.2 Å². The van der Waals surface area contributed by atoms with Crippen molar-refractivity contribution < 1.29 is 23.9 Å². The van der Waals surface area contributed by atoms with E-state index in [0.717, 1.165) is 16.3 Å². The molecule has 8 heteroatoms. The first-order chi connectivity index (χ1) is 18.4. The number of imide groups is 1. The number of nitrogens with one attached hydrogen (secondary N) is 2. The number of anilines is 2. The summed E-state index contributed by atoms with van der Waals surface area (Å²) in [4.78, 5) is 43.0. The van der Waals surface area contributed by atoms with Crippen LogP contribution in [0.5, 0.6) is 5.75 Å². The molecule has 2 saturated heterocycles. The third-order valence-corrected chi connectivity index (χ3v) is 8.06. The minimum absolute atomic E-state index is 0.108. The van der Waals surface area contributed by atoms with Gasteiger partial charge < -0.3 is 10.4 Å². The van der Waals surface area contributed by atoms with Gasteiger partial charge in [0.05, 0.1) is 17.5 Å². The number of phenols is 1. The fourth-order valence-corrected chi connectivity index (χ4v) is 6.41. The van der Waals surface area contributed by atoms with Gasteiger partial charge in [0.2, 0.25) is 17.7 Å². The number of nitrogens with zero attached hydrogens (tertiary/aromatic N) is 1. The monoisotopic (exact) mass is 507 g/mol. The first kappa shape index (κ1) is 22.6. The lowest BCUT2D eigenvalue weighted by Gasteiger charge is -2.29. The van der Waals surface area contributed by atoms with Crippen LogP contribution in [0.1, 0.15) is 11.1 Å². The highest BCUT2D eigenvalue weighted by Crippen LogP contribution is 2.54. The highest BCUT2D eigenvalue weighted by molar-refractivity contribution is 6.26. The van der Waals surface area contributed by atoms with Gasteiger partial charge in [-0.05, 0) is 65.2 Å². The lowest BCUT2D eigenvalue weighted by molar-refractivity contribution is -0.130. The minimum atomic E-state index is -1.60. The summed E-state index contributed by atoms with van der Waals surface area (Å²) in [5.74, 6) is -3.73. The molecule has 2 fully saturated rings. The predicted molar refractivity (Wildman–Crippen MR) is 139 cm³/mol. The zero-order chi connectivity index (χ0) is 26.2. The summed E-state index contributed by atoms with van der Waals surface area (Å²) in [6.45, 7) is 0. The Morgan fingerprint density at radius 1 is 0.868 bits per heavy atom. The number of aromatic hydroxyl groups is 1. The molecule has 0 aliphatic carbocycles. The summed E-state index contributed by atoms with van der Waals surface area (Å²) < 4.78 is 14.5. The molecule has 0 aromatic heterocycles. The maximum atomic E-state index is 14.5. The van der Waals surface area contributed by atoms with Gasteiger partial charge in [0.15, 0.2) is 0 Å². The number of amides is 3. The molecule has 3 amide bonds. The molecule has 7 rings (SSSR count). The number of halogens is 1. The fourth-order valence-electron chi connectivity index (χ4n) is 6.41. The summed E-state index contributed by atoms with van der Waals surface area (Å²) >= 11 is 0. The molecule has 188 valence electrons. The zero-order valence-corrected chi connectivity index (χ0v) is 20.0. The highest BCUT2D eigenvalue weighted by atomic mass is 19.1. The molecule has 38 heavy (non-hydrogen) atoms. The lowest BCUT2D eigenvalue weighted by atomic mass is 9.76. The minimum Gasteiger partial charge on any atom is -0.508 e. The summed E-state index contributed by atoms with van der Waals surface area (Å²) in [5, 5.41) is 17.7. The summed E-state index contributed by atoms with van der Waals surface area (Å²) in [7, 11) is 0. The number of hydrogen-bond acceptors (Lipinski definition) is 5. The molecule has 3 aliphatic rings. The normalized spacial score (nSPS) is 25.8. The molecule has 1 spiro atoms. The van der Waals surface area contributed by atoms with Gasteiger partial charge in [-0.2, -0.15) is 0 Å². The van der Waals surface area contributed by atoms with Gasteiger partial charge in [0, 0.05) is 17.3 Å². The van der Waals surface area contributed by atoms with Gasteiger partial charge in [0.1, 0.15) is 17.1 Å². The van der Waals surface area contributed by atoms with Crippen molar-refractivity contribution in [2.45, 2.75) is 18.0 Å². The molecule has 4 aromatic rings. The maximum Gasteiger partial charge on any atom is 0.250 e. The van der Waals surface area contributed by atoms with Gasteiger partial charge in [-0.15, -0.1) is 0 Å². The van der Waals surface area contributed by atoms with E-state index < -0.39 is 47.0 Å². The second kappa shape index (κ2) is 7.97. The predicted octanol–water partition coefficient (Wildman–Crippen LogP) is 3.85. The van der Waals surface area contributed by atoms with E-state index in [1.807, 2.05) is 30.3 Å². The zero-order valence-electron chi connectivity index (χ0n) is 20.0. The number of carbonyl (C=O) groups is 3. The first-order valence-corrected chi connectivity index (χ1v) is 12.4. The van der Waals surface area contributed by atoms with Crippen LogP contribution in [0.4, 0.5) is 15.8 Å². The Hall–Kier alpha value is -4.56. The molecule has 7 nitrogen and oxygen atoms in total. The second-order valence-corrected chi connectivity index (χ2v) is 10.1. The number of benzene rings is 4.